The van der Waals surface area contributed by atoms with Gasteiger partial charge in [0.25, 0.3) is 11.7 Å². The van der Waals surface area contributed by atoms with E-state index in [0.29, 0.717) is 11.1 Å². The number of aliphatic hydroxyl groups excluding tert-OH is 1. The van der Waals surface area contributed by atoms with Crippen LogP contribution in [0.25, 0.3) is 5.76 Å². The highest BCUT2D eigenvalue weighted by Gasteiger charge is 2.46. The molecule has 2 aromatic carbocycles. The largest absolute Gasteiger partial charge is 0.507 e. The molecule has 0 spiro atoms. The number of amides is 1. The zero-order valence-corrected chi connectivity index (χ0v) is 15.3. The molecule has 0 unspecified atom stereocenters. The van der Waals surface area contributed by atoms with E-state index in [0.717, 1.165) is 0 Å². The number of pyridine rings is 1. The summed E-state index contributed by atoms with van der Waals surface area (Å²) in [6.07, 6.45) is 3.18. The molecule has 1 saturated heterocycles. The van der Waals surface area contributed by atoms with Gasteiger partial charge < -0.3 is 10.0 Å². The number of likely N-dealkylation sites (tertiary alicyclic amines) is 1. The maximum absolute atomic E-state index is 14.7. The Kier molecular flexibility index (Phi) is 4.91. The highest BCUT2D eigenvalue weighted by molar-refractivity contribution is 6.46. The zero-order chi connectivity index (χ0) is 20.4. The molecule has 0 saturated carbocycles. The summed E-state index contributed by atoms with van der Waals surface area (Å²) < 4.78 is 14.7. The number of aliphatic hydroxyl groups is 1. The minimum absolute atomic E-state index is 0.0585. The molecule has 0 aliphatic carbocycles. The Bertz CT molecular complexity index is 1100. The van der Waals surface area contributed by atoms with E-state index in [1.807, 2.05) is 0 Å². The first-order valence-electron chi connectivity index (χ1n) is 9.05. The second kappa shape index (κ2) is 7.67. The van der Waals surface area contributed by atoms with Gasteiger partial charge in [0, 0.05) is 30.1 Å². The smallest absolute Gasteiger partial charge is 0.295 e. The molecule has 1 fully saturated rings. The number of nitrogens with zero attached hydrogens (tertiary/aromatic N) is 2. The van der Waals surface area contributed by atoms with Crippen LogP contribution in [0.5, 0.6) is 0 Å². The second-order valence-corrected chi connectivity index (χ2v) is 6.68. The molecule has 0 bridgehead atoms. The van der Waals surface area contributed by atoms with E-state index in [-0.39, 0.29) is 23.4 Å². The predicted molar refractivity (Wildman–Crippen MR) is 105 cm³/mol. The summed E-state index contributed by atoms with van der Waals surface area (Å²) in [5.41, 5.74) is 1.09. The van der Waals surface area contributed by atoms with Crippen molar-refractivity contribution >= 4 is 17.4 Å². The average molecular weight is 388 g/mol. The Labute approximate surface area is 166 Å². The topological polar surface area (TPSA) is 70.5 Å². The van der Waals surface area contributed by atoms with Gasteiger partial charge >= 0.3 is 0 Å². The van der Waals surface area contributed by atoms with E-state index in [2.05, 4.69) is 4.98 Å². The number of benzene rings is 2. The predicted octanol–water partition coefficient (Wildman–Crippen LogP) is 3.84. The monoisotopic (exact) mass is 388 g/mol. The quantitative estimate of drug-likeness (QED) is 0.419. The van der Waals surface area contributed by atoms with Crippen molar-refractivity contribution in [2.75, 3.05) is 0 Å². The van der Waals surface area contributed by atoms with E-state index in [1.165, 1.54) is 23.1 Å². The average Bonchev–Trinajstić information content (AvgIpc) is 3.00. The van der Waals surface area contributed by atoms with Crippen molar-refractivity contribution in [3.8, 4) is 0 Å². The van der Waals surface area contributed by atoms with Gasteiger partial charge in [0.1, 0.15) is 11.6 Å². The van der Waals surface area contributed by atoms with Gasteiger partial charge in [-0.1, -0.05) is 54.6 Å². The van der Waals surface area contributed by atoms with Crippen molar-refractivity contribution in [2.24, 2.45) is 0 Å². The fourth-order valence-electron chi connectivity index (χ4n) is 3.50. The second-order valence-electron chi connectivity index (χ2n) is 6.68. The first-order chi connectivity index (χ1) is 14.1. The van der Waals surface area contributed by atoms with Gasteiger partial charge in [-0.25, -0.2) is 4.39 Å². The summed E-state index contributed by atoms with van der Waals surface area (Å²) in [7, 11) is 0. The molecule has 1 amide bonds. The van der Waals surface area contributed by atoms with E-state index in [1.54, 1.807) is 60.9 Å². The number of carbonyl (C=O) groups excluding carboxylic acids is 2. The van der Waals surface area contributed by atoms with E-state index < -0.39 is 23.5 Å². The maximum atomic E-state index is 14.7. The van der Waals surface area contributed by atoms with Crippen LogP contribution in [0.3, 0.4) is 0 Å². The third-order valence-corrected chi connectivity index (χ3v) is 4.86. The lowest BCUT2D eigenvalue weighted by Gasteiger charge is -2.25. The fourth-order valence-corrected chi connectivity index (χ4v) is 3.50. The van der Waals surface area contributed by atoms with Gasteiger partial charge in [-0.15, -0.1) is 0 Å². The lowest BCUT2D eigenvalue weighted by Crippen LogP contribution is -2.29. The van der Waals surface area contributed by atoms with Gasteiger partial charge in [0.2, 0.25) is 0 Å². The van der Waals surface area contributed by atoms with Crippen LogP contribution < -0.4 is 0 Å². The molecular formula is C23H17FN2O3. The molecular weight excluding hydrogens is 371 g/mol. The van der Waals surface area contributed by atoms with Crippen molar-refractivity contribution in [3.05, 3.63) is 107 Å². The van der Waals surface area contributed by atoms with Crippen LogP contribution in [0.2, 0.25) is 0 Å². The normalized spacial score (nSPS) is 18.2. The summed E-state index contributed by atoms with van der Waals surface area (Å²) >= 11 is 0. The molecule has 1 N–H and O–H groups in total. The lowest BCUT2D eigenvalue weighted by atomic mass is 9.95. The van der Waals surface area contributed by atoms with Crippen molar-refractivity contribution in [2.45, 2.75) is 12.6 Å². The van der Waals surface area contributed by atoms with Crippen molar-refractivity contribution in [1.82, 2.24) is 9.88 Å². The third-order valence-electron chi connectivity index (χ3n) is 4.86. The van der Waals surface area contributed by atoms with Crippen LogP contribution in [0.1, 0.15) is 22.7 Å². The number of hydrogen-bond acceptors (Lipinski definition) is 4. The number of hydrogen-bond donors (Lipinski definition) is 1. The standard InChI is InChI=1S/C23H17FN2O3/c24-18-11-5-4-10-17(18)20-19(21(27)16-8-2-1-3-9-16)22(28)23(29)26(20)14-15-7-6-12-25-13-15/h1-13,20,27H,14H2/t20-/m1/s1. The number of aromatic nitrogens is 1. The van der Waals surface area contributed by atoms with E-state index in [9.17, 15) is 19.1 Å². The van der Waals surface area contributed by atoms with Crippen molar-refractivity contribution < 1.29 is 19.1 Å². The van der Waals surface area contributed by atoms with Gasteiger partial charge in [0.15, 0.2) is 0 Å². The van der Waals surface area contributed by atoms with E-state index >= 15 is 0 Å². The van der Waals surface area contributed by atoms with Crippen LogP contribution >= 0.6 is 0 Å². The number of ketones is 1. The molecule has 3 aromatic rings. The van der Waals surface area contributed by atoms with Crippen molar-refractivity contribution in [3.63, 3.8) is 0 Å². The number of carbonyl (C=O) groups is 2. The van der Waals surface area contributed by atoms with Gasteiger partial charge in [-0.2, -0.15) is 0 Å². The van der Waals surface area contributed by atoms with Crippen LogP contribution in [-0.2, 0) is 16.1 Å². The van der Waals surface area contributed by atoms with Crippen LogP contribution in [0.4, 0.5) is 4.39 Å². The Hall–Kier alpha value is -3.80. The summed E-state index contributed by atoms with van der Waals surface area (Å²) in [5.74, 6) is -2.52. The highest BCUT2D eigenvalue weighted by atomic mass is 19.1. The Morgan fingerprint density at radius 3 is 2.41 bits per heavy atom. The summed E-state index contributed by atoms with van der Waals surface area (Å²) in [6, 6.07) is 16.8. The maximum Gasteiger partial charge on any atom is 0.295 e. The number of rotatable bonds is 4. The molecule has 29 heavy (non-hydrogen) atoms. The van der Waals surface area contributed by atoms with Crippen LogP contribution in [0, 0.1) is 5.82 Å². The SMILES string of the molecule is O=C1C(=O)N(Cc2cccnc2)[C@H](c2ccccc2F)C1=C(O)c1ccccc1. The van der Waals surface area contributed by atoms with Crippen LogP contribution in [0.15, 0.2) is 84.7 Å². The molecule has 1 aromatic heterocycles. The molecule has 4 rings (SSSR count). The summed E-state index contributed by atoms with van der Waals surface area (Å²) in [6.45, 7) is 0.0585. The highest BCUT2D eigenvalue weighted by Crippen LogP contribution is 2.40. The molecule has 144 valence electrons. The molecule has 1 atom stereocenters. The molecule has 1 aliphatic heterocycles. The van der Waals surface area contributed by atoms with Crippen LogP contribution in [-0.4, -0.2) is 26.7 Å². The summed E-state index contributed by atoms with van der Waals surface area (Å²) in [4.78, 5) is 31.0. The van der Waals surface area contributed by atoms with Gasteiger partial charge in [-0.3, -0.25) is 14.6 Å². The van der Waals surface area contributed by atoms with Crippen molar-refractivity contribution in [1.29, 1.82) is 0 Å². The van der Waals surface area contributed by atoms with Gasteiger partial charge in [-0.05, 0) is 17.7 Å². The first-order valence-corrected chi connectivity index (χ1v) is 9.05. The molecule has 5 nitrogen and oxygen atoms in total. The molecule has 6 heteroatoms. The first kappa shape index (κ1) is 18.6. The van der Waals surface area contributed by atoms with Gasteiger partial charge in [0.05, 0.1) is 11.6 Å². The van der Waals surface area contributed by atoms with E-state index in [4.69, 9.17) is 0 Å². The minimum atomic E-state index is -1.04. The Morgan fingerprint density at radius 2 is 1.72 bits per heavy atom. The summed E-state index contributed by atoms with van der Waals surface area (Å²) in [5, 5.41) is 10.9. The molecule has 2 heterocycles. The zero-order valence-electron chi connectivity index (χ0n) is 15.3. The lowest BCUT2D eigenvalue weighted by molar-refractivity contribution is -0.140. The number of halogens is 1. The molecule has 1 aliphatic rings. The molecule has 0 radical (unpaired) electrons. The minimum Gasteiger partial charge on any atom is -0.507 e. The fraction of sp³-hybridized carbons (Fsp3) is 0.0870. The Balaban J connectivity index is 1.89. The third kappa shape index (κ3) is 3.40. The Morgan fingerprint density at radius 1 is 1.00 bits per heavy atom. The number of Topliss-reactive ketones (excluding diaryl/α,β-unsaturated/α-hetero) is 1.